The Morgan fingerprint density at radius 2 is 1.31 bits per heavy atom. The highest BCUT2D eigenvalue weighted by atomic mass is 28.4. The summed E-state index contributed by atoms with van der Waals surface area (Å²) in [6, 6.07) is 21.8. The molecule has 0 aliphatic carbocycles. The first-order chi connectivity index (χ1) is 15.4. The van der Waals surface area contributed by atoms with Crippen LogP contribution in [0, 0.1) is 0 Å². The average molecular weight is 455 g/mol. The molecule has 0 amide bonds. The lowest BCUT2D eigenvalue weighted by Gasteiger charge is -2.45. The monoisotopic (exact) mass is 454 g/mol. The quantitative estimate of drug-likeness (QED) is 0.150. The van der Waals surface area contributed by atoms with Crippen LogP contribution in [0.2, 0.25) is 5.04 Å². The molecule has 0 saturated heterocycles. The van der Waals surface area contributed by atoms with E-state index in [0.29, 0.717) is 0 Å². The van der Waals surface area contributed by atoms with E-state index in [-0.39, 0.29) is 17.4 Å². The SMILES string of the molecule is C=CCC(CCCCCC(OC)OC)O[Si](c1ccccc1)(c1ccccc1)C(C)(C)C. The normalized spacial score (nSPS) is 13.3. The fourth-order valence-corrected chi connectivity index (χ4v) is 9.27. The van der Waals surface area contributed by atoms with Crippen LogP contribution in [0.3, 0.4) is 0 Å². The molecule has 0 fully saturated rings. The predicted molar refractivity (Wildman–Crippen MR) is 138 cm³/mol. The van der Waals surface area contributed by atoms with Crippen molar-refractivity contribution in [3.05, 3.63) is 73.3 Å². The number of hydrogen-bond acceptors (Lipinski definition) is 3. The summed E-state index contributed by atoms with van der Waals surface area (Å²) in [5, 5.41) is 2.64. The Kier molecular flexibility index (Phi) is 10.9. The third-order valence-corrected chi connectivity index (χ3v) is 11.3. The largest absolute Gasteiger partial charge is 0.404 e. The Bertz CT molecular complexity index is 727. The number of rotatable bonds is 14. The van der Waals surface area contributed by atoms with Crippen LogP contribution in [-0.4, -0.2) is 34.9 Å². The van der Waals surface area contributed by atoms with Crippen molar-refractivity contribution in [2.45, 2.75) is 76.7 Å². The Morgan fingerprint density at radius 3 is 1.75 bits per heavy atom. The molecule has 0 aliphatic rings. The van der Waals surface area contributed by atoms with Gasteiger partial charge >= 0.3 is 0 Å². The molecule has 0 radical (unpaired) electrons. The maximum Gasteiger partial charge on any atom is 0.261 e. The van der Waals surface area contributed by atoms with Gasteiger partial charge in [0.1, 0.15) is 0 Å². The lowest BCUT2D eigenvalue weighted by atomic mass is 10.1. The highest BCUT2D eigenvalue weighted by molar-refractivity contribution is 6.99. The first-order valence-corrected chi connectivity index (χ1v) is 13.7. The van der Waals surface area contributed by atoms with E-state index in [9.17, 15) is 0 Å². The van der Waals surface area contributed by atoms with Crippen LogP contribution >= 0.6 is 0 Å². The molecule has 4 heteroatoms. The van der Waals surface area contributed by atoms with E-state index in [1.807, 2.05) is 6.08 Å². The Balaban J connectivity index is 2.27. The first-order valence-electron chi connectivity index (χ1n) is 11.8. The van der Waals surface area contributed by atoms with Crippen LogP contribution in [-0.2, 0) is 13.9 Å². The third-order valence-electron chi connectivity index (χ3n) is 6.18. The van der Waals surface area contributed by atoms with Gasteiger partial charge in [0.15, 0.2) is 6.29 Å². The summed E-state index contributed by atoms with van der Waals surface area (Å²) >= 11 is 0. The van der Waals surface area contributed by atoms with E-state index in [2.05, 4.69) is 88.0 Å². The molecule has 3 nitrogen and oxygen atoms in total. The van der Waals surface area contributed by atoms with Crippen molar-refractivity contribution in [1.82, 2.24) is 0 Å². The second-order valence-electron chi connectivity index (χ2n) is 9.47. The summed E-state index contributed by atoms with van der Waals surface area (Å²) < 4.78 is 17.9. The van der Waals surface area contributed by atoms with Crippen molar-refractivity contribution in [2.75, 3.05) is 14.2 Å². The lowest BCUT2D eigenvalue weighted by molar-refractivity contribution is -0.107. The minimum absolute atomic E-state index is 0.0146. The predicted octanol–water partition coefficient (Wildman–Crippen LogP) is 6.08. The summed E-state index contributed by atoms with van der Waals surface area (Å²) in [7, 11) is 0.865. The van der Waals surface area contributed by atoms with E-state index in [0.717, 1.165) is 38.5 Å². The van der Waals surface area contributed by atoms with Gasteiger partial charge in [-0.25, -0.2) is 0 Å². The summed E-state index contributed by atoms with van der Waals surface area (Å²) in [6.45, 7) is 11.0. The van der Waals surface area contributed by atoms with Crippen LogP contribution < -0.4 is 10.4 Å². The van der Waals surface area contributed by atoms with E-state index < -0.39 is 8.32 Å². The average Bonchev–Trinajstić information content (AvgIpc) is 2.80. The van der Waals surface area contributed by atoms with Gasteiger partial charge in [-0.3, -0.25) is 0 Å². The number of benzene rings is 2. The van der Waals surface area contributed by atoms with Crippen LogP contribution in [0.15, 0.2) is 73.3 Å². The lowest BCUT2D eigenvalue weighted by Crippen LogP contribution is -2.67. The molecule has 2 rings (SSSR count). The van der Waals surface area contributed by atoms with Crippen molar-refractivity contribution in [2.24, 2.45) is 0 Å². The maximum atomic E-state index is 7.30. The van der Waals surface area contributed by atoms with E-state index in [1.54, 1.807) is 14.2 Å². The van der Waals surface area contributed by atoms with Gasteiger partial charge in [-0.15, -0.1) is 6.58 Å². The number of hydrogen-bond donors (Lipinski definition) is 0. The number of unbranched alkanes of at least 4 members (excludes halogenated alkanes) is 2. The molecule has 0 N–H and O–H groups in total. The van der Waals surface area contributed by atoms with Crippen molar-refractivity contribution < 1.29 is 13.9 Å². The number of ether oxygens (including phenoxy) is 2. The topological polar surface area (TPSA) is 27.7 Å². The standard InChI is InChI=1S/C28H42O3Si/c1-7-17-24(18-11-8-16-23-27(29-5)30-6)31-32(28(2,3)4,25-19-12-9-13-20-25)26-21-14-10-15-22-26/h7,9-10,12-15,19-22,24,27H,1,8,11,16-18,23H2,2-6H3. The van der Waals surface area contributed by atoms with Crippen LogP contribution in [0.25, 0.3) is 0 Å². The molecule has 0 aromatic heterocycles. The zero-order chi connectivity index (χ0) is 23.5. The molecular formula is C28H42O3Si. The minimum atomic E-state index is -2.54. The fourth-order valence-electron chi connectivity index (χ4n) is 4.54. The fraction of sp³-hybridized carbons (Fsp3) is 0.500. The molecule has 0 heterocycles. The second-order valence-corrected chi connectivity index (χ2v) is 13.7. The zero-order valence-corrected chi connectivity index (χ0v) is 21.7. The van der Waals surface area contributed by atoms with Crippen LogP contribution in [0.1, 0.15) is 59.3 Å². The van der Waals surface area contributed by atoms with Crippen LogP contribution in [0.4, 0.5) is 0 Å². The van der Waals surface area contributed by atoms with Crippen molar-refractivity contribution in [3.8, 4) is 0 Å². The van der Waals surface area contributed by atoms with Gasteiger partial charge in [0, 0.05) is 20.3 Å². The first kappa shape index (κ1) is 26.5. The molecule has 0 aliphatic heterocycles. The zero-order valence-electron chi connectivity index (χ0n) is 20.7. The molecule has 1 unspecified atom stereocenters. The van der Waals surface area contributed by atoms with E-state index in [4.69, 9.17) is 13.9 Å². The summed E-state index contributed by atoms with van der Waals surface area (Å²) in [5.41, 5.74) is 0. The van der Waals surface area contributed by atoms with E-state index >= 15 is 0 Å². The molecular weight excluding hydrogens is 412 g/mol. The summed E-state index contributed by atoms with van der Waals surface area (Å²) in [5.74, 6) is 0. The van der Waals surface area contributed by atoms with Gasteiger partial charge in [0.25, 0.3) is 8.32 Å². The summed E-state index contributed by atoms with van der Waals surface area (Å²) in [6.07, 6.45) is 8.23. The molecule has 1 atom stereocenters. The highest BCUT2D eigenvalue weighted by Crippen LogP contribution is 2.38. The molecule has 32 heavy (non-hydrogen) atoms. The van der Waals surface area contributed by atoms with Gasteiger partial charge in [-0.05, 0) is 41.1 Å². The minimum Gasteiger partial charge on any atom is -0.404 e. The molecule has 0 saturated carbocycles. The van der Waals surface area contributed by atoms with E-state index in [1.165, 1.54) is 10.4 Å². The second kappa shape index (κ2) is 13.1. The number of methoxy groups -OCH3 is 2. The van der Waals surface area contributed by atoms with Gasteiger partial charge in [-0.1, -0.05) is 100 Å². The molecule has 0 spiro atoms. The van der Waals surface area contributed by atoms with Gasteiger partial charge in [-0.2, -0.15) is 0 Å². The Morgan fingerprint density at radius 1 is 0.812 bits per heavy atom. The molecule has 0 bridgehead atoms. The molecule has 2 aromatic carbocycles. The third kappa shape index (κ3) is 6.89. The smallest absolute Gasteiger partial charge is 0.261 e. The van der Waals surface area contributed by atoms with Crippen LogP contribution in [0.5, 0.6) is 0 Å². The van der Waals surface area contributed by atoms with Gasteiger partial charge < -0.3 is 13.9 Å². The van der Waals surface area contributed by atoms with Crippen molar-refractivity contribution in [1.29, 1.82) is 0 Å². The molecule has 2 aromatic rings. The highest BCUT2D eigenvalue weighted by Gasteiger charge is 2.51. The Labute approximate surface area is 196 Å². The van der Waals surface area contributed by atoms with Crippen molar-refractivity contribution >= 4 is 18.7 Å². The van der Waals surface area contributed by atoms with Gasteiger partial charge in [0.2, 0.25) is 0 Å². The van der Waals surface area contributed by atoms with Gasteiger partial charge in [0.05, 0.1) is 0 Å². The molecule has 176 valence electrons. The maximum absolute atomic E-state index is 7.30. The van der Waals surface area contributed by atoms with Crippen molar-refractivity contribution in [3.63, 3.8) is 0 Å². The Hall–Kier alpha value is -1.72. The summed E-state index contributed by atoms with van der Waals surface area (Å²) in [4.78, 5) is 0.